The van der Waals surface area contributed by atoms with E-state index in [0.717, 1.165) is 12.8 Å². The van der Waals surface area contributed by atoms with Crippen molar-refractivity contribution in [1.82, 2.24) is 5.32 Å². The number of hydrogen-bond acceptors (Lipinski definition) is 4. The fraction of sp³-hybridized carbons (Fsp3) is 0.318. The molecule has 0 bridgehead atoms. The van der Waals surface area contributed by atoms with Gasteiger partial charge in [-0.2, -0.15) is 0 Å². The van der Waals surface area contributed by atoms with Crippen molar-refractivity contribution in [3.63, 3.8) is 0 Å². The second-order valence-electron chi connectivity index (χ2n) is 6.90. The molecule has 1 N–H and O–H groups in total. The highest BCUT2D eigenvalue weighted by molar-refractivity contribution is 8.01. The van der Waals surface area contributed by atoms with Crippen LogP contribution in [-0.4, -0.2) is 34.8 Å². The quantitative estimate of drug-likeness (QED) is 0.696. The van der Waals surface area contributed by atoms with Gasteiger partial charge in [-0.05, 0) is 37.5 Å². The number of rotatable bonds is 8. The molecule has 3 amide bonds. The summed E-state index contributed by atoms with van der Waals surface area (Å²) in [6.45, 7) is 1.98. The van der Waals surface area contributed by atoms with E-state index in [1.54, 1.807) is 24.3 Å². The fourth-order valence-electron chi connectivity index (χ4n) is 3.18. The Labute approximate surface area is 169 Å². The van der Waals surface area contributed by atoms with E-state index in [4.69, 9.17) is 0 Å². The summed E-state index contributed by atoms with van der Waals surface area (Å²) in [5, 5.41) is 2.47. The van der Waals surface area contributed by atoms with Crippen LogP contribution in [0.2, 0.25) is 0 Å². The molecule has 0 radical (unpaired) electrons. The first-order valence-corrected chi connectivity index (χ1v) is 10.5. The van der Waals surface area contributed by atoms with E-state index >= 15 is 0 Å². The average Bonchev–Trinajstić information content (AvgIpc) is 2.99. The van der Waals surface area contributed by atoms with Gasteiger partial charge < -0.3 is 5.32 Å². The van der Waals surface area contributed by atoms with Gasteiger partial charge >= 0.3 is 0 Å². The summed E-state index contributed by atoms with van der Waals surface area (Å²) in [7, 11) is 0. The van der Waals surface area contributed by atoms with Crippen LogP contribution in [0.15, 0.2) is 60.7 Å². The molecule has 1 aliphatic heterocycles. The Balaban J connectivity index is 1.44. The normalized spacial score (nSPS) is 17.6. The van der Waals surface area contributed by atoms with Gasteiger partial charge in [0.25, 0.3) is 0 Å². The number of nitrogens with zero attached hydrogens (tertiary/aromatic N) is 1. The highest BCUT2D eigenvalue weighted by Gasteiger charge is 2.39. The van der Waals surface area contributed by atoms with Crippen molar-refractivity contribution in [2.75, 3.05) is 10.7 Å². The third kappa shape index (κ3) is 5.23. The molecular formula is C22H24N2O3S. The first-order chi connectivity index (χ1) is 13.5. The molecule has 1 fully saturated rings. The molecule has 0 aromatic heterocycles. The van der Waals surface area contributed by atoms with Crippen molar-refractivity contribution in [1.29, 1.82) is 0 Å². The minimum atomic E-state index is -0.502. The number of imide groups is 1. The lowest BCUT2D eigenvalue weighted by Crippen LogP contribution is -2.35. The summed E-state index contributed by atoms with van der Waals surface area (Å²) in [5.41, 5.74) is 1.83. The van der Waals surface area contributed by atoms with Crippen molar-refractivity contribution >= 4 is 35.2 Å². The van der Waals surface area contributed by atoms with Crippen LogP contribution < -0.4 is 10.2 Å². The summed E-state index contributed by atoms with van der Waals surface area (Å²) >= 11 is 1.23. The van der Waals surface area contributed by atoms with Gasteiger partial charge in [0.1, 0.15) is 0 Å². The third-order valence-corrected chi connectivity index (χ3v) is 5.85. The molecule has 0 spiro atoms. The second kappa shape index (κ2) is 9.55. The molecule has 0 aliphatic carbocycles. The molecule has 2 atom stereocenters. The number of aryl methyl sites for hydroxylation is 1. The minimum absolute atomic E-state index is 0.0510. The van der Waals surface area contributed by atoms with Gasteiger partial charge in [0.15, 0.2) is 0 Å². The maximum Gasteiger partial charge on any atom is 0.247 e. The number of benzene rings is 2. The van der Waals surface area contributed by atoms with Crippen LogP contribution in [0.5, 0.6) is 0 Å². The molecule has 6 heteroatoms. The second-order valence-corrected chi connectivity index (χ2v) is 8.09. The lowest BCUT2D eigenvalue weighted by Gasteiger charge is -2.16. The molecule has 0 saturated carbocycles. The van der Waals surface area contributed by atoms with Crippen LogP contribution in [0.25, 0.3) is 0 Å². The van der Waals surface area contributed by atoms with Crippen molar-refractivity contribution in [2.45, 2.75) is 37.5 Å². The number of para-hydroxylation sites is 1. The lowest BCUT2D eigenvalue weighted by molar-refractivity contribution is -0.121. The zero-order valence-corrected chi connectivity index (χ0v) is 16.7. The molecule has 1 saturated heterocycles. The van der Waals surface area contributed by atoms with E-state index < -0.39 is 5.25 Å². The number of nitrogens with one attached hydrogen (secondary N) is 1. The lowest BCUT2D eigenvalue weighted by atomic mass is 10.1. The molecule has 1 aliphatic rings. The molecule has 146 valence electrons. The SMILES string of the molecule is CC(CCc1ccccc1)NC(=O)CSC1CC(=O)N(c2ccccc2)C1=O. The largest absolute Gasteiger partial charge is 0.353 e. The molecule has 3 rings (SSSR count). The number of carbonyl (C=O) groups excluding carboxylic acids is 3. The topological polar surface area (TPSA) is 66.5 Å². The highest BCUT2D eigenvalue weighted by Crippen LogP contribution is 2.29. The van der Waals surface area contributed by atoms with Gasteiger partial charge in [-0.3, -0.25) is 14.4 Å². The van der Waals surface area contributed by atoms with E-state index in [0.29, 0.717) is 5.69 Å². The average molecular weight is 397 g/mol. The Hall–Kier alpha value is -2.60. The van der Waals surface area contributed by atoms with Gasteiger partial charge in [0.2, 0.25) is 17.7 Å². The Bertz CT molecular complexity index is 826. The molecule has 2 aromatic rings. The maximum absolute atomic E-state index is 12.6. The predicted octanol–water partition coefficient (Wildman–Crippen LogP) is 3.19. The van der Waals surface area contributed by atoms with E-state index in [2.05, 4.69) is 17.4 Å². The smallest absolute Gasteiger partial charge is 0.247 e. The zero-order chi connectivity index (χ0) is 19.9. The van der Waals surface area contributed by atoms with Crippen molar-refractivity contribution in [3.05, 3.63) is 66.2 Å². The van der Waals surface area contributed by atoms with Crippen LogP contribution in [0.1, 0.15) is 25.3 Å². The molecular weight excluding hydrogens is 372 g/mol. The standard InChI is InChI=1S/C22H24N2O3S/c1-16(12-13-17-8-4-2-5-9-17)23-20(25)15-28-19-14-21(26)24(22(19)27)18-10-6-3-7-11-18/h2-11,16,19H,12-15H2,1H3,(H,23,25). The van der Waals surface area contributed by atoms with Crippen LogP contribution in [0, 0.1) is 0 Å². The Morgan fingerprint density at radius 1 is 1.11 bits per heavy atom. The summed E-state index contributed by atoms with van der Waals surface area (Å²) in [6.07, 6.45) is 1.88. The Morgan fingerprint density at radius 3 is 2.43 bits per heavy atom. The Morgan fingerprint density at radius 2 is 1.75 bits per heavy atom. The highest BCUT2D eigenvalue weighted by atomic mass is 32.2. The molecule has 1 heterocycles. The summed E-state index contributed by atoms with van der Waals surface area (Å²) in [6, 6.07) is 19.1. The summed E-state index contributed by atoms with van der Waals surface area (Å²) < 4.78 is 0. The predicted molar refractivity (Wildman–Crippen MR) is 112 cm³/mol. The number of anilines is 1. The van der Waals surface area contributed by atoms with Crippen LogP contribution >= 0.6 is 11.8 Å². The van der Waals surface area contributed by atoms with Crippen LogP contribution in [0.4, 0.5) is 5.69 Å². The number of hydrogen-bond donors (Lipinski definition) is 1. The first-order valence-electron chi connectivity index (χ1n) is 9.41. The Kier molecular flexibility index (Phi) is 6.87. The van der Waals surface area contributed by atoms with Crippen molar-refractivity contribution < 1.29 is 14.4 Å². The van der Waals surface area contributed by atoms with Gasteiger partial charge in [0, 0.05) is 12.5 Å². The molecule has 5 nitrogen and oxygen atoms in total. The zero-order valence-electron chi connectivity index (χ0n) is 15.8. The van der Waals surface area contributed by atoms with Gasteiger partial charge in [0.05, 0.1) is 16.7 Å². The third-order valence-electron chi connectivity index (χ3n) is 4.65. The maximum atomic E-state index is 12.6. The summed E-state index contributed by atoms with van der Waals surface area (Å²) in [4.78, 5) is 38.2. The van der Waals surface area contributed by atoms with Gasteiger partial charge in [-0.15, -0.1) is 11.8 Å². The first kappa shape index (κ1) is 20.1. The van der Waals surface area contributed by atoms with Gasteiger partial charge in [-0.25, -0.2) is 4.90 Å². The van der Waals surface area contributed by atoms with E-state index in [9.17, 15) is 14.4 Å². The minimum Gasteiger partial charge on any atom is -0.353 e. The van der Waals surface area contributed by atoms with E-state index in [1.807, 2.05) is 31.2 Å². The summed E-state index contributed by atoms with van der Waals surface area (Å²) in [5.74, 6) is -0.400. The number of carbonyl (C=O) groups is 3. The van der Waals surface area contributed by atoms with Crippen LogP contribution in [-0.2, 0) is 20.8 Å². The number of thioether (sulfide) groups is 1. The van der Waals surface area contributed by atoms with Crippen molar-refractivity contribution in [3.8, 4) is 0 Å². The number of amides is 3. The molecule has 2 aromatic carbocycles. The van der Waals surface area contributed by atoms with E-state index in [-0.39, 0.29) is 35.9 Å². The monoisotopic (exact) mass is 396 g/mol. The van der Waals surface area contributed by atoms with E-state index in [1.165, 1.54) is 22.2 Å². The molecule has 28 heavy (non-hydrogen) atoms. The van der Waals surface area contributed by atoms with Crippen molar-refractivity contribution in [2.24, 2.45) is 0 Å². The van der Waals surface area contributed by atoms with Gasteiger partial charge in [-0.1, -0.05) is 48.5 Å². The fourth-order valence-corrected chi connectivity index (χ4v) is 4.12. The van der Waals surface area contributed by atoms with Crippen LogP contribution in [0.3, 0.4) is 0 Å². The molecule has 2 unspecified atom stereocenters.